The third kappa shape index (κ3) is 3.94. The molecule has 2 aromatic rings. The van der Waals surface area contributed by atoms with E-state index < -0.39 is 5.91 Å². The summed E-state index contributed by atoms with van der Waals surface area (Å²) in [5, 5.41) is 6.21. The van der Waals surface area contributed by atoms with Crippen LogP contribution in [-0.2, 0) is 9.59 Å². The Kier molecular flexibility index (Phi) is 4.93. The molecule has 0 aliphatic heterocycles. The second-order valence-corrected chi connectivity index (χ2v) is 5.02. The fourth-order valence-electron chi connectivity index (χ4n) is 2.14. The number of hydrogen-bond donors (Lipinski definition) is 1. The van der Waals surface area contributed by atoms with Gasteiger partial charge in [0.2, 0.25) is 11.8 Å². The van der Waals surface area contributed by atoms with Gasteiger partial charge in [-0.1, -0.05) is 17.3 Å². The monoisotopic (exact) mass is 301 g/mol. The van der Waals surface area contributed by atoms with Crippen molar-refractivity contribution in [2.45, 2.75) is 27.2 Å². The van der Waals surface area contributed by atoms with Gasteiger partial charge >= 0.3 is 0 Å². The smallest absolute Gasteiger partial charge is 0.236 e. The van der Waals surface area contributed by atoms with E-state index in [-0.39, 0.29) is 12.3 Å². The van der Waals surface area contributed by atoms with Crippen LogP contribution in [-0.4, -0.2) is 23.5 Å². The highest BCUT2D eigenvalue weighted by Crippen LogP contribution is 2.17. The van der Waals surface area contributed by atoms with Crippen LogP contribution in [0.25, 0.3) is 0 Å². The standard InChI is InChI=1S/C16H19N3O3/c1-4-19(13-7-5-6-11(2)8-13)16(21)10-15(20)17-14-9-12(3)22-18-14/h5-9H,4,10H2,1-3H3,(H,17,18,20). The fourth-order valence-corrected chi connectivity index (χ4v) is 2.14. The fraction of sp³-hybridized carbons (Fsp3) is 0.312. The van der Waals surface area contributed by atoms with Gasteiger partial charge in [-0.2, -0.15) is 0 Å². The Bertz CT molecular complexity index is 679. The second-order valence-electron chi connectivity index (χ2n) is 5.02. The molecule has 2 rings (SSSR count). The molecule has 1 heterocycles. The van der Waals surface area contributed by atoms with Crippen molar-refractivity contribution in [3.63, 3.8) is 0 Å². The molecular formula is C16H19N3O3. The number of carbonyl (C=O) groups excluding carboxylic acids is 2. The molecule has 0 atom stereocenters. The summed E-state index contributed by atoms with van der Waals surface area (Å²) in [6.07, 6.45) is -0.242. The number of nitrogens with zero attached hydrogens (tertiary/aromatic N) is 2. The van der Waals surface area contributed by atoms with E-state index in [1.165, 1.54) is 0 Å². The van der Waals surface area contributed by atoms with Crippen LogP contribution in [0.4, 0.5) is 11.5 Å². The van der Waals surface area contributed by atoms with E-state index in [9.17, 15) is 9.59 Å². The predicted octanol–water partition coefficient (Wildman–Crippen LogP) is 2.67. The van der Waals surface area contributed by atoms with Crippen molar-refractivity contribution < 1.29 is 14.1 Å². The molecule has 1 N–H and O–H groups in total. The first-order valence-electron chi connectivity index (χ1n) is 7.09. The van der Waals surface area contributed by atoms with Gasteiger partial charge in [0.05, 0.1) is 0 Å². The number of aryl methyl sites for hydroxylation is 2. The maximum absolute atomic E-state index is 12.3. The molecule has 0 bridgehead atoms. The minimum Gasteiger partial charge on any atom is -0.360 e. The van der Waals surface area contributed by atoms with Crippen LogP contribution in [0.3, 0.4) is 0 Å². The van der Waals surface area contributed by atoms with Crippen LogP contribution in [0.2, 0.25) is 0 Å². The lowest BCUT2D eigenvalue weighted by Crippen LogP contribution is -2.33. The second kappa shape index (κ2) is 6.89. The number of anilines is 2. The summed E-state index contributed by atoms with van der Waals surface area (Å²) in [6, 6.07) is 9.22. The van der Waals surface area contributed by atoms with Crippen molar-refractivity contribution in [2.24, 2.45) is 0 Å². The minimum absolute atomic E-state index is 0.242. The Hall–Kier alpha value is -2.63. The summed E-state index contributed by atoms with van der Waals surface area (Å²) < 4.78 is 4.86. The molecule has 6 nitrogen and oxygen atoms in total. The number of aromatic nitrogens is 1. The highest BCUT2D eigenvalue weighted by molar-refractivity contribution is 6.08. The minimum atomic E-state index is -0.413. The van der Waals surface area contributed by atoms with Crippen molar-refractivity contribution >= 4 is 23.3 Å². The van der Waals surface area contributed by atoms with Crippen LogP contribution < -0.4 is 10.2 Å². The predicted molar refractivity (Wildman–Crippen MR) is 83.7 cm³/mol. The van der Waals surface area contributed by atoms with Crippen LogP contribution in [0.5, 0.6) is 0 Å². The molecule has 0 spiro atoms. The first-order chi connectivity index (χ1) is 10.5. The topological polar surface area (TPSA) is 75.4 Å². The van der Waals surface area contributed by atoms with Crippen molar-refractivity contribution in [1.82, 2.24) is 5.16 Å². The van der Waals surface area contributed by atoms with Crippen molar-refractivity contribution in [3.8, 4) is 0 Å². The van der Waals surface area contributed by atoms with Gasteiger partial charge in [-0.25, -0.2) is 0 Å². The first-order valence-corrected chi connectivity index (χ1v) is 7.09. The van der Waals surface area contributed by atoms with Gasteiger partial charge in [-0.05, 0) is 38.5 Å². The van der Waals surface area contributed by atoms with E-state index in [1.54, 1.807) is 17.9 Å². The van der Waals surface area contributed by atoms with Crippen molar-refractivity contribution in [2.75, 3.05) is 16.8 Å². The number of nitrogens with one attached hydrogen (secondary N) is 1. The summed E-state index contributed by atoms with van der Waals surface area (Å²) in [4.78, 5) is 25.8. The molecule has 0 aliphatic rings. The Balaban J connectivity index is 2.01. The molecular weight excluding hydrogens is 282 g/mol. The van der Waals surface area contributed by atoms with Gasteiger partial charge in [-0.15, -0.1) is 0 Å². The maximum atomic E-state index is 12.3. The van der Waals surface area contributed by atoms with Crippen LogP contribution in [0, 0.1) is 13.8 Å². The van der Waals surface area contributed by atoms with Gasteiger partial charge in [0.25, 0.3) is 0 Å². The molecule has 0 aliphatic carbocycles. The molecule has 0 saturated heterocycles. The van der Waals surface area contributed by atoms with Crippen molar-refractivity contribution in [1.29, 1.82) is 0 Å². The molecule has 0 radical (unpaired) electrons. The summed E-state index contributed by atoms with van der Waals surface area (Å²) in [6.45, 7) is 6.06. The molecule has 22 heavy (non-hydrogen) atoms. The van der Waals surface area contributed by atoms with E-state index in [0.717, 1.165) is 11.3 Å². The Morgan fingerprint density at radius 3 is 2.64 bits per heavy atom. The summed E-state index contributed by atoms with van der Waals surface area (Å²) in [5.74, 6) is 0.237. The summed E-state index contributed by atoms with van der Waals surface area (Å²) in [7, 11) is 0. The normalized spacial score (nSPS) is 10.3. The number of amides is 2. The Morgan fingerprint density at radius 1 is 1.27 bits per heavy atom. The third-order valence-corrected chi connectivity index (χ3v) is 3.14. The molecule has 1 aromatic carbocycles. The van der Waals surface area contributed by atoms with Gasteiger partial charge in [0.1, 0.15) is 12.2 Å². The van der Waals surface area contributed by atoms with E-state index in [4.69, 9.17) is 4.52 Å². The molecule has 1 aromatic heterocycles. The molecule has 0 unspecified atom stereocenters. The van der Waals surface area contributed by atoms with Gasteiger partial charge in [0.15, 0.2) is 5.82 Å². The lowest BCUT2D eigenvalue weighted by atomic mass is 10.2. The summed E-state index contributed by atoms with van der Waals surface area (Å²) in [5.41, 5.74) is 1.85. The average Bonchev–Trinajstić information content (AvgIpc) is 2.84. The highest BCUT2D eigenvalue weighted by atomic mass is 16.5. The largest absolute Gasteiger partial charge is 0.360 e. The Labute approximate surface area is 129 Å². The van der Waals surface area contributed by atoms with Crippen LogP contribution >= 0.6 is 0 Å². The van der Waals surface area contributed by atoms with E-state index >= 15 is 0 Å². The molecule has 0 fully saturated rings. The molecule has 116 valence electrons. The van der Waals surface area contributed by atoms with E-state index in [0.29, 0.717) is 18.1 Å². The molecule has 0 saturated carbocycles. The molecule has 2 amide bonds. The van der Waals surface area contributed by atoms with Crippen LogP contribution in [0.1, 0.15) is 24.7 Å². The van der Waals surface area contributed by atoms with Crippen molar-refractivity contribution in [3.05, 3.63) is 41.7 Å². The number of rotatable bonds is 5. The SMILES string of the molecule is CCN(C(=O)CC(=O)Nc1cc(C)on1)c1cccc(C)c1. The van der Waals surface area contributed by atoms with Gasteiger partial charge in [0, 0.05) is 18.3 Å². The zero-order valence-electron chi connectivity index (χ0n) is 12.9. The maximum Gasteiger partial charge on any atom is 0.236 e. The third-order valence-electron chi connectivity index (χ3n) is 3.14. The van der Waals surface area contributed by atoms with E-state index in [2.05, 4.69) is 10.5 Å². The zero-order chi connectivity index (χ0) is 16.1. The number of carbonyl (C=O) groups is 2. The lowest BCUT2D eigenvalue weighted by molar-refractivity contribution is -0.125. The highest BCUT2D eigenvalue weighted by Gasteiger charge is 2.18. The Morgan fingerprint density at radius 2 is 2.05 bits per heavy atom. The van der Waals surface area contributed by atoms with Gasteiger partial charge < -0.3 is 14.7 Å². The average molecular weight is 301 g/mol. The van der Waals surface area contributed by atoms with Crippen LogP contribution in [0.15, 0.2) is 34.9 Å². The van der Waals surface area contributed by atoms with Gasteiger partial charge in [-0.3, -0.25) is 9.59 Å². The quantitative estimate of drug-likeness (QED) is 0.861. The molecule has 6 heteroatoms. The zero-order valence-corrected chi connectivity index (χ0v) is 12.9. The number of benzene rings is 1. The lowest BCUT2D eigenvalue weighted by Gasteiger charge is -2.21. The number of hydrogen-bond acceptors (Lipinski definition) is 4. The van der Waals surface area contributed by atoms with E-state index in [1.807, 2.05) is 38.1 Å². The first kappa shape index (κ1) is 15.8. The summed E-state index contributed by atoms with van der Waals surface area (Å²) >= 11 is 0.